The number of amides is 1. The number of hydrogen-bond acceptors (Lipinski definition) is 4. The number of rotatable bonds is 4. The minimum absolute atomic E-state index is 0.192. The van der Waals surface area contributed by atoms with Gasteiger partial charge in [-0.3, -0.25) is 9.78 Å². The predicted molar refractivity (Wildman–Crippen MR) is 92.4 cm³/mol. The molecular formula is C18H16FN3OS. The van der Waals surface area contributed by atoms with Crippen LogP contribution in [0.4, 0.5) is 4.39 Å². The first-order valence-corrected chi connectivity index (χ1v) is 8.34. The third kappa shape index (κ3) is 3.49. The number of nitrogens with one attached hydrogen (secondary N) is 1. The first kappa shape index (κ1) is 16.3. The fourth-order valence-corrected chi connectivity index (χ4v) is 3.10. The maximum absolute atomic E-state index is 13.8. The molecule has 2 heterocycles. The summed E-state index contributed by atoms with van der Waals surface area (Å²) in [6, 6.07) is 10.1. The Morgan fingerprint density at radius 1 is 1.17 bits per heavy atom. The van der Waals surface area contributed by atoms with Crippen LogP contribution in [0.15, 0.2) is 41.8 Å². The monoisotopic (exact) mass is 341 g/mol. The van der Waals surface area contributed by atoms with Crippen molar-refractivity contribution in [3.63, 3.8) is 0 Å². The SMILES string of the molecule is Cc1ccc(C(=O)NCc2nc(-c3ccccc3F)cs2)c(C)n1. The summed E-state index contributed by atoms with van der Waals surface area (Å²) in [7, 11) is 0. The van der Waals surface area contributed by atoms with Crippen LogP contribution in [0.3, 0.4) is 0 Å². The number of carbonyl (C=O) groups excluding carboxylic acids is 1. The molecule has 2 aromatic heterocycles. The zero-order valence-corrected chi connectivity index (χ0v) is 14.2. The van der Waals surface area contributed by atoms with Gasteiger partial charge in [0.2, 0.25) is 0 Å². The molecule has 0 aliphatic rings. The molecule has 0 atom stereocenters. The first-order valence-electron chi connectivity index (χ1n) is 7.46. The molecule has 24 heavy (non-hydrogen) atoms. The number of aryl methyl sites for hydroxylation is 2. The second-order valence-corrected chi connectivity index (χ2v) is 6.32. The summed E-state index contributed by atoms with van der Waals surface area (Å²) in [4.78, 5) is 20.9. The lowest BCUT2D eigenvalue weighted by Gasteiger charge is -2.06. The van der Waals surface area contributed by atoms with E-state index in [-0.39, 0.29) is 11.7 Å². The van der Waals surface area contributed by atoms with Gasteiger partial charge in [-0.25, -0.2) is 9.37 Å². The van der Waals surface area contributed by atoms with Gasteiger partial charge in [0.25, 0.3) is 5.91 Å². The van der Waals surface area contributed by atoms with Gasteiger partial charge in [0.05, 0.1) is 23.5 Å². The molecule has 1 N–H and O–H groups in total. The van der Waals surface area contributed by atoms with Crippen LogP contribution in [0.25, 0.3) is 11.3 Å². The van der Waals surface area contributed by atoms with E-state index in [9.17, 15) is 9.18 Å². The number of aromatic nitrogens is 2. The Morgan fingerprint density at radius 2 is 1.96 bits per heavy atom. The molecule has 4 nitrogen and oxygen atoms in total. The van der Waals surface area contributed by atoms with Gasteiger partial charge in [0.1, 0.15) is 10.8 Å². The average Bonchev–Trinajstić information content (AvgIpc) is 3.02. The van der Waals surface area contributed by atoms with Crippen LogP contribution in [0.5, 0.6) is 0 Å². The van der Waals surface area contributed by atoms with E-state index in [2.05, 4.69) is 15.3 Å². The molecule has 0 aliphatic heterocycles. The van der Waals surface area contributed by atoms with Crippen LogP contribution in [-0.4, -0.2) is 15.9 Å². The summed E-state index contributed by atoms with van der Waals surface area (Å²) in [5.74, 6) is -0.498. The topological polar surface area (TPSA) is 54.9 Å². The summed E-state index contributed by atoms with van der Waals surface area (Å²) in [6.07, 6.45) is 0. The summed E-state index contributed by atoms with van der Waals surface area (Å²) in [5, 5.41) is 5.34. The van der Waals surface area contributed by atoms with E-state index in [4.69, 9.17) is 0 Å². The van der Waals surface area contributed by atoms with Gasteiger partial charge in [-0.15, -0.1) is 11.3 Å². The molecule has 3 aromatic rings. The number of benzene rings is 1. The second kappa shape index (κ2) is 6.88. The Kier molecular flexibility index (Phi) is 4.66. The van der Waals surface area contributed by atoms with E-state index in [1.807, 2.05) is 19.9 Å². The summed E-state index contributed by atoms with van der Waals surface area (Å²) < 4.78 is 13.8. The molecule has 0 bridgehead atoms. The van der Waals surface area contributed by atoms with Crippen molar-refractivity contribution < 1.29 is 9.18 Å². The van der Waals surface area contributed by atoms with E-state index in [1.165, 1.54) is 17.4 Å². The van der Waals surface area contributed by atoms with E-state index >= 15 is 0 Å². The number of thiazole rings is 1. The molecule has 122 valence electrons. The fourth-order valence-electron chi connectivity index (χ4n) is 2.36. The molecule has 1 aromatic carbocycles. The van der Waals surface area contributed by atoms with E-state index in [0.29, 0.717) is 29.1 Å². The molecule has 0 saturated carbocycles. The molecule has 0 saturated heterocycles. The van der Waals surface area contributed by atoms with Gasteiger partial charge in [-0.2, -0.15) is 0 Å². The van der Waals surface area contributed by atoms with Gasteiger partial charge in [0, 0.05) is 16.6 Å². The van der Waals surface area contributed by atoms with Crippen LogP contribution >= 0.6 is 11.3 Å². The standard InChI is InChI=1S/C18H16FN3OS/c1-11-7-8-13(12(2)21-11)18(23)20-9-17-22-16(10-24-17)14-5-3-4-6-15(14)19/h3-8,10H,9H2,1-2H3,(H,20,23). The predicted octanol–water partition coefficient (Wildman–Crippen LogP) is 3.89. The second-order valence-electron chi connectivity index (χ2n) is 5.37. The van der Waals surface area contributed by atoms with Crippen molar-refractivity contribution in [2.24, 2.45) is 0 Å². The summed E-state index contributed by atoms with van der Waals surface area (Å²) >= 11 is 1.39. The molecule has 0 fully saturated rings. The number of carbonyl (C=O) groups is 1. The lowest BCUT2D eigenvalue weighted by Crippen LogP contribution is -2.24. The molecule has 3 rings (SSSR count). The molecule has 0 aliphatic carbocycles. The van der Waals surface area contributed by atoms with Crippen LogP contribution in [0.2, 0.25) is 0 Å². The van der Waals surface area contributed by atoms with Crippen LogP contribution in [0, 0.1) is 19.7 Å². The third-order valence-corrected chi connectivity index (χ3v) is 4.42. The molecule has 6 heteroatoms. The molecule has 0 radical (unpaired) electrons. The zero-order valence-electron chi connectivity index (χ0n) is 13.3. The number of pyridine rings is 1. The van der Waals surface area contributed by atoms with Crippen LogP contribution < -0.4 is 5.32 Å². The fraction of sp³-hybridized carbons (Fsp3) is 0.167. The van der Waals surface area contributed by atoms with Gasteiger partial charge < -0.3 is 5.32 Å². The van der Waals surface area contributed by atoms with Crippen LogP contribution in [0.1, 0.15) is 26.8 Å². The van der Waals surface area contributed by atoms with Crippen molar-refractivity contribution in [3.8, 4) is 11.3 Å². The Morgan fingerprint density at radius 3 is 2.71 bits per heavy atom. The van der Waals surface area contributed by atoms with Crippen molar-refractivity contribution in [1.82, 2.24) is 15.3 Å². The third-order valence-electron chi connectivity index (χ3n) is 3.57. The number of hydrogen-bond donors (Lipinski definition) is 1. The number of nitrogens with zero attached hydrogens (tertiary/aromatic N) is 2. The first-order chi connectivity index (χ1) is 11.5. The summed E-state index contributed by atoms with van der Waals surface area (Å²) in [6.45, 7) is 3.99. The Hall–Kier alpha value is -2.60. The highest BCUT2D eigenvalue weighted by Crippen LogP contribution is 2.24. The van der Waals surface area contributed by atoms with E-state index in [0.717, 1.165) is 10.7 Å². The lowest BCUT2D eigenvalue weighted by molar-refractivity contribution is 0.0950. The van der Waals surface area contributed by atoms with Gasteiger partial charge in [-0.1, -0.05) is 12.1 Å². The lowest BCUT2D eigenvalue weighted by atomic mass is 10.1. The Labute approximate surface area is 143 Å². The smallest absolute Gasteiger partial charge is 0.253 e. The van der Waals surface area contributed by atoms with E-state index in [1.54, 1.807) is 29.6 Å². The Bertz CT molecular complexity index is 891. The molecular weight excluding hydrogens is 325 g/mol. The summed E-state index contributed by atoms with van der Waals surface area (Å²) in [5.41, 5.74) is 3.16. The number of halogens is 1. The van der Waals surface area contributed by atoms with Crippen LogP contribution in [-0.2, 0) is 6.54 Å². The largest absolute Gasteiger partial charge is 0.345 e. The van der Waals surface area contributed by atoms with Gasteiger partial charge in [0.15, 0.2) is 0 Å². The maximum atomic E-state index is 13.8. The minimum Gasteiger partial charge on any atom is -0.345 e. The molecule has 1 amide bonds. The highest BCUT2D eigenvalue weighted by atomic mass is 32.1. The molecule has 0 spiro atoms. The van der Waals surface area contributed by atoms with Gasteiger partial charge >= 0.3 is 0 Å². The average molecular weight is 341 g/mol. The highest BCUT2D eigenvalue weighted by Gasteiger charge is 2.12. The minimum atomic E-state index is -0.306. The van der Waals surface area contributed by atoms with E-state index < -0.39 is 0 Å². The van der Waals surface area contributed by atoms with Crippen molar-refractivity contribution in [3.05, 3.63) is 69.6 Å². The van der Waals surface area contributed by atoms with Crippen molar-refractivity contribution >= 4 is 17.2 Å². The Balaban J connectivity index is 1.69. The molecule has 0 unspecified atom stereocenters. The van der Waals surface area contributed by atoms with Gasteiger partial charge in [-0.05, 0) is 38.1 Å². The van der Waals surface area contributed by atoms with Crippen molar-refractivity contribution in [2.45, 2.75) is 20.4 Å². The zero-order chi connectivity index (χ0) is 17.1. The quantitative estimate of drug-likeness (QED) is 0.783. The van der Waals surface area contributed by atoms with Crippen molar-refractivity contribution in [2.75, 3.05) is 0 Å². The van der Waals surface area contributed by atoms with Crippen molar-refractivity contribution in [1.29, 1.82) is 0 Å². The normalized spacial score (nSPS) is 10.6. The maximum Gasteiger partial charge on any atom is 0.253 e. The highest BCUT2D eigenvalue weighted by molar-refractivity contribution is 7.09.